The average molecular weight is 302 g/mol. The van der Waals surface area contributed by atoms with E-state index in [4.69, 9.17) is 0 Å². The summed E-state index contributed by atoms with van der Waals surface area (Å²) in [5.74, 6) is 0.0590. The van der Waals surface area contributed by atoms with Crippen molar-refractivity contribution in [3.63, 3.8) is 0 Å². The maximum absolute atomic E-state index is 12.9. The molecule has 116 valence electrons. The van der Waals surface area contributed by atoms with Crippen molar-refractivity contribution in [3.8, 4) is 0 Å². The lowest BCUT2D eigenvalue weighted by atomic mass is 10.1. The van der Waals surface area contributed by atoms with Gasteiger partial charge in [0.25, 0.3) is 0 Å². The molecular weight excluding hydrogens is 283 g/mol. The third kappa shape index (κ3) is 2.49. The third-order valence-corrected chi connectivity index (χ3v) is 4.96. The molecule has 0 aromatic heterocycles. The maximum atomic E-state index is 12.9. The summed E-state index contributed by atoms with van der Waals surface area (Å²) in [6, 6.07) is 6.81. The summed E-state index contributed by atoms with van der Waals surface area (Å²) in [5, 5.41) is 0. The summed E-state index contributed by atoms with van der Waals surface area (Å²) in [7, 11) is 0. The Kier molecular flexibility index (Phi) is 3.17. The zero-order chi connectivity index (χ0) is 15.3. The van der Waals surface area contributed by atoms with Crippen LogP contribution < -0.4 is 0 Å². The molecule has 22 heavy (non-hydrogen) atoms. The van der Waals surface area contributed by atoms with Crippen LogP contribution >= 0.6 is 0 Å². The molecule has 3 aliphatic rings. The maximum Gasteiger partial charge on any atom is 0.242 e. The average Bonchev–Trinajstić information content (AvgIpc) is 3.40. The summed E-state index contributed by atoms with van der Waals surface area (Å²) in [4.78, 5) is 28.3. The number of piperazine rings is 1. The largest absolute Gasteiger partial charge is 0.336 e. The number of halogens is 1. The van der Waals surface area contributed by atoms with E-state index in [9.17, 15) is 14.0 Å². The molecular formula is C17H19FN2O2. The van der Waals surface area contributed by atoms with Crippen molar-refractivity contribution < 1.29 is 14.0 Å². The molecule has 1 heterocycles. The molecule has 2 amide bonds. The lowest BCUT2D eigenvalue weighted by Gasteiger charge is -2.34. The van der Waals surface area contributed by atoms with Crippen LogP contribution in [-0.4, -0.2) is 47.3 Å². The van der Waals surface area contributed by atoms with Gasteiger partial charge in [0.1, 0.15) is 5.82 Å². The predicted molar refractivity (Wildman–Crippen MR) is 78.6 cm³/mol. The fourth-order valence-electron chi connectivity index (χ4n) is 3.43. The highest BCUT2D eigenvalue weighted by atomic mass is 19.1. The first-order chi connectivity index (χ1) is 10.6. The second-order valence-corrected chi connectivity index (χ2v) is 6.58. The molecule has 1 aromatic carbocycles. The van der Waals surface area contributed by atoms with E-state index < -0.39 is 0 Å². The van der Waals surface area contributed by atoms with Gasteiger partial charge >= 0.3 is 0 Å². The van der Waals surface area contributed by atoms with Crippen molar-refractivity contribution in [1.82, 2.24) is 9.80 Å². The fraction of sp³-hybridized carbons (Fsp3) is 0.529. The molecule has 0 spiro atoms. The molecule has 0 bridgehead atoms. The van der Waals surface area contributed by atoms with Crippen LogP contribution in [0.4, 0.5) is 4.39 Å². The number of rotatable bonds is 3. The van der Waals surface area contributed by atoms with E-state index in [1.54, 1.807) is 17.0 Å². The number of benzene rings is 1. The van der Waals surface area contributed by atoms with E-state index >= 15 is 0 Å². The number of hydrogen-bond acceptors (Lipinski definition) is 2. The molecule has 0 unspecified atom stereocenters. The molecule has 2 aliphatic carbocycles. The van der Waals surface area contributed by atoms with Gasteiger partial charge in [0.2, 0.25) is 11.8 Å². The lowest BCUT2D eigenvalue weighted by molar-refractivity contribution is -0.146. The van der Waals surface area contributed by atoms with E-state index in [1.165, 1.54) is 12.1 Å². The molecule has 4 nitrogen and oxygen atoms in total. The van der Waals surface area contributed by atoms with Crippen LogP contribution in [-0.2, 0) is 9.59 Å². The SMILES string of the molecule is O=C([C@H]1C[C@@H]1c1ccc(F)cc1)N1CCN(C2CC2)C(=O)C1. The van der Waals surface area contributed by atoms with Crippen LogP contribution in [0.1, 0.15) is 30.7 Å². The molecule has 1 saturated heterocycles. The van der Waals surface area contributed by atoms with Gasteiger partial charge in [-0.15, -0.1) is 0 Å². The van der Waals surface area contributed by atoms with Crippen molar-refractivity contribution >= 4 is 11.8 Å². The molecule has 3 fully saturated rings. The first-order valence-electron chi connectivity index (χ1n) is 7.97. The van der Waals surface area contributed by atoms with Crippen LogP contribution in [0.2, 0.25) is 0 Å². The summed E-state index contributed by atoms with van der Waals surface area (Å²) in [6.45, 7) is 1.54. The van der Waals surface area contributed by atoms with Gasteiger partial charge in [-0.05, 0) is 42.9 Å². The second-order valence-electron chi connectivity index (χ2n) is 6.58. The first-order valence-corrected chi connectivity index (χ1v) is 7.97. The van der Waals surface area contributed by atoms with Gasteiger partial charge in [-0.2, -0.15) is 0 Å². The summed E-state index contributed by atoms with van der Waals surface area (Å²) in [5.41, 5.74) is 1.02. The van der Waals surface area contributed by atoms with Crippen LogP contribution in [0.15, 0.2) is 24.3 Å². The Morgan fingerprint density at radius 2 is 1.86 bits per heavy atom. The van der Waals surface area contributed by atoms with Gasteiger partial charge in [0.15, 0.2) is 0 Å². The minimum absolute atomic E-state index is 0.0364. The number of amides is 2. The monoisotopic (exact) mass is 302 g/mol. The number of carbonyl (C=O) groups excluding carboxylic acids is 2. The molecule has 1 aromatic rings. The van der Waals surface area contributed by atoms with Crippen molar-refractivity contribution in [1.29, 1.82) is 0 Å². The third-order valence-electron chi connectivity index (χ3n) is 4.96. The van der Waals surface area contributed by atoms with Crippen molar-refractivity contribution in [2.45, 2.75) is 31.2 Å². The van der Waals surface area contributed by atoms with Crippen LogP contribution in [0.5, 0.6) is 0 Å². The second kappa shape index (κ2) is 5.07. The van der Waals surface area contributed by atoms with Gasteiger partial charge in [0.05, 0.1) is 6.54 Å². The van der Waals surface area contributed by atoms with Crippen molar-refractivity contribution in [2.75, 3.05) is 19.6 Å². The summed E-state index contributed by atoms with van der Waals surface area (Å²) in [6.07, 6.45) is 3.02. The minimum atomic E-state index is -0.255. The Hall–Kier alpha value is -1.91. The molecule has 2 saturated carbocycles. The van der Waals surface area contributed by atoms with Gasteiger partial charge < -0.3 is 9.80 Å². The topological polar surface area (TPSA) is 40.6 Å². The molecule has 5 heteroatoms. The molecule has 0 radical (unpaired) electrons. The normalized spacial score (nSPS) is 28.0. The van der Waals surface area contributed by atoms with Crippen molar-refractivity contribution in [2.24, 2.45) is 5.92 Å². The van der Waals surface area contributed by atoms with Gasteiger partial charge in [0, 0.05) is 25.0 Å². The van der Waals surface area contributed by atoms with E-state index in [0.717, 1.165) is 24.8 Å². The minimum Gasteiger partial charge on any atom is -0.336 e. The number of hydrogen-bond donors (Lipinski definition) is 0. The van der Waals surface area contributed by atoms with E-state index in [0.29, 0.717) is 19.1 Å². The Morgan fingerprint density at radius 1 is 1.14 bits per heavy atom. The first kappa shape index (κ1) is 13.7. The Morgan fingerprint density at radius 3 is 2.50 bits per heavy atom. The smallest absolute Gasteiger partial charge is 0.242 e. The zero-order valence-electron chi connectivity index (χ0n) is 12.4. The highest BCUT2D eigenvalue weighted by Crippen LogP contribution is 2.48. The lowest BCUT2D eigenvalue weighted by Crippen LogP contribution is -2.53. The van der Waals surface area contributed by atoms with E-state index in [2.05, 4.69) is 0 Å². The molecule has 0 N–H and O–H groups in total. The molecule has 1 aliphatic heterocycles. The fourth-order valence-corrected chi connectivity index (χ4v) is 3.43. The highest BCUT2D eigenvalue weighted by molar-refractivity contribution is 5.89. The molecule has 2 atom stereocenters. The van der Waals surface area contributed by atoms with Gasteiger partial charge in [-0.1, -0.05) is 12.1 Å². The zero-order valence-corrected chi connectivity index (χ0v) is 12.4. The number of nitrogens with zero attached hydrogens (tertiary/aromatic N) is 2. The van der Waals surface area contributed by atoms with Crippen LogP contribution in [0.25, 0.3) is 0 Å². The Labute approximate surface area is 128 Å². The van der Waals surface area contributed by atoms with Crippen molar-refractivity contribution in [3.05, 3.63) is 35.6 Å². The predicted octanol–water partition coefficient (Wildman–Crippen LogP) is 1.76. The van der Waals surface area contributed by atoms with Crippen LogP contribution in [0.3, 0.4) is 0 Å². The highest BCUT2D eigenvalue weighted by Gasteiger charge is 2.47. The summed E-state index contributed by atoms with van der Waals surface area (Å²) >= 11 is 0. The van der Waals surface area contributed by atoms with Gasteiger partial charge in [-0.3, -0.25) is 9.59 Å². The number of carbonyl (C=O) groups is 2. The Balaban J connectivity index is 1.37. The van der Waals surface area contributed by atoms with Crippen LogP contribution in [0, 0.1) is 11.7 Å². The molecule has 4 rings (SSSR count). The standard InChI is InChI=1S/C17H19FN2O2/c18-12-3-1-11(2-4-12)14-9-15(14)17(22)19-7-8-20(13-5-6-13)16(21)10-19/h1-4,13-15H,5-10H2/t14-,15+/m1/s1. The van der Waals surface area contributed by atoms with E-state index in [1.807, 2.05) is 4.90 Å². The summed E-state index contributed by atoms with van der Waals surface area (Å²) < 4.78 is 12.9. The Bertz CT molecular complexity index is 612. The quantitative estimate of drug-likeness (QED) is 0.854. The van der Waals surface area contributed by atoms with E-state index in [-0.39, 0.29) is 36.0 Å². The van der Waals surface area contributed by atoms with Gasteiger partial charge in [-0.25, -0.2) is 4.39 Å².